The molecular weight excluding hydrogens is 158 g/mol. The molecule has 13 heavy (non-hydrogen) atoms. The van der Waals surface area contributed by atoms with Crippen LogP contribution >= 0.6 is 0 Å². The van der Waals surface area contributed by atoms with Crippen LogP contribution in [-0.4, -0.2) is 11.6 Å². The highest BCUT2D eigenvalue weighted by Crippen LogP contribution is 2.34. The van der Waals surface area contributed by atoms with Crippen molar-refractivity contribution >= 4 is 0 Å². The minimum Gasteiger partial charge on any atom is -0.309 e. The van der Waals surface area contributed by atoms with Gasteiger partial charge in [-0.25, -0.2) is 0 Å². The first-order valence-corrected chi connectivity index (χ1v) is 5.96. The molecule has 0 aromatic carbocycles. The molecule has 2 aliphatic carbocycles. The van der Waals surface area contributed by atoms with Crippen molar-refractivity contribution in [2.45, 2.75) is 70.4 Å². The minimum absolute atomic E-state index is 0.519. The largest absolute Gasteiger partial charge is 0.309 e. The van der Waals surface area contributed by atoms with Crippen LogP contribution in [-0.2, 0) is 0 Å². The summed E-state index contributed by atoms with van der Waals surface area (Å²) in [4.78, 5) is 0. The highest BCUT2D eigenvalue weighted by Gasteiger charge is 2.34. The average Bonchev–Trinajstić information content (AvgIpc) is 2.06. The zero-order valence-corrected chi connectivity index (χ0v) is 9.10. The van der Waals surface area contributed by atoms with E-state index in [1.807, 2.05) is 0 Å². The zero-order chi connectivity index (χ0) is 9.31. The Kier molecular flexibility index (Phi) is 2.64. The maximum atomic E-state index is 3.85. The van der Waals surface area contributed by atoms with Gasteiger partial charge >= 0.3 is 0 Å². The third-order valence-corrected chi connectivity index (χ3v) is 4.03. The molecule has 1 heteroatoms. The van der Waals surface area contributed by atoms with Crippen LogP contribution in [0.5, 0.6) is 0 Å². The number of hydrogen-bond acceptors (Lipinski definition) is 1. The molecule has 0 atom stereocenters. The maximum Gasteiger partial charge on any atom is 0.0155 e. The average molecular weight is 181 g/mol. The van der Waals surface area contributed by atoms with Crippen molar-refractivity contribution < 1.29 is 0 Å². The van der Waals surface area contributed by atoms with Gasteiger partial charge in [-0.15, -0.1) is 0 Å². The lowest BCUT2D eigenvalue weighted by Gasteiger charge is -2.44. The van der Waals surface area contributed by atoms with Crippen LogP contribution in [0.4, 0.5) is 0 Å². The molecule has 0 saturated heterocycles. The molecule has 0 aliphatic heterocycles. The van der Waals surface area contributed by atoms with Gasteiger partial charge in [0.05, 0.1) is 0 Å². The molecule has 0 amide bonds. The standard InChI is InChI=1S/C12H23N/c1-10-4-6-11(7-5-10)13-12(2)8-3-9-12/h10-11,13H,3-9H2,1-2H3. The van der Waals surface area contributed by atoms with E-state index in [4.69, 9.17) is 0 Å². The van der Waals surface area contributed by atoms with Gasteiger partial charge in [0, 0.05) is 11.6 Å². The van der Waals surface area contributed by atoms with E-state index in [0.29, 0.717) is 5.54 Å². The Morgan fingerprint density at radius 1 is 1.08 bits per heavy atom. The Morgan fingerprint density at radius 2 is 1.69 bits per heavy atom. The molecule has 0 heterocycles. The molecule has 0 aromatic heterocycles. The summed E-state index contributed by atoms with van der Waals surface area (Å²) in [6.07, 6.45) is 9.94. The van der Waals surface area contributed by atoms with Gasteiger partial charge in [0.25, 0.3) is 0 Å². The van der Waals surface area contributed by atoms with E-state index in [1.165, 1.54) is 44.9 Å². The predicted molar refractivity (Wildman–Crippen MR) is 56.8 cm³/mol. The fraction of sp³-hybridized carbons (Fsp3) is 1.00. The zero-order valence-electron chi connectivity index (χ0n) is 9.10. The first kappa shape index (κ1) is 9.51. The van der Waals surface area contributed by atoms with Crippen LogP contribution in [0.3, 0.4) is 0 Å². The van der Waals surface area contributed by atoms with Crippen LogP contribution in [0.1, 0.15) is 58.8 Å². The van der Waals surface area contributed by atoms with Gasteiger partial charge in [0.1, 0.15) is 0 Å². The van der Waals surface area contributed by atoms with E-state index in [2.05, 4.69) is 19.2 Å². The molecule has 2 fully saturated rings. The van der Waals surface area contributed by atoms with Crippen LogP contribution < -0.4 is 5.32 Å². The Bertz CT molecular complexity index is 164. The van der Waals surface area contributed by atoms with Crippen molar-refractivity contribution in [2.24, 2.45) is 5.92 Å². The summed E-state index contributed by atoms with van der Waals surface area (Å²) >= 11 is 0. The molecule has 0 aromatic rings. The van der Waals surface area contributed by atoms with E-state index < -0.39 is 0 Å². The van der Waals surface area contributed by atoms with Gasteiger partial charge in [-0.2, -0.15) is 0 Å². The number of rotatable bonds is 2. The molecular formula is C12H23N. The summed E-state index contributed by atoms with van der Waals surface area (Å²) in [7, 11) is 0. The molecule has 0 bridgehead atoms. The van der Waals surface area contributed by atoms with E-state index >= 15 is 0 Å². The first-order chi connectivity index (χ1) is 6.18. The lowest BCUT2D eigenvalue weighted by atomic mass is 9.76. The second-order valence-corrected chi connectivity index (χ2v) is 5.52. The molecule has 1 nitrogen and oxygen atoms in total. The molecule has 0 spiro atoms. The van der Waals surface area contributed by atoms with Crippen LogP contribution in [0.2, 0.25) is 0 Å². The third kappa shape index (κ3) is 2.25. The normalized spacial score (nSPS) is 38.3. The molecule has 2 aliphatic rings. The van der Waals surface area contributed by atoms with E-state index in [0.717, 1.165) is 12.0 Å². The van der Waals surface area contributed by atoms with Crippen molar-refractivity contribution in [3.8, 4) is 0 Å². The Hall–Kier alpha value is -0.0400. The van der Waals surface area contributed by atoms with Crippen LogP contribution in [0.25, 0.3) is 0 Å². The van der Waals surface area contributed by atoms with Gasteiger partial charge in [0.2, 0.25) is 0 Å². The van der Waals surface area contributed by atoms with Crippen molar-refractivity contribution in [3.63, 3.8) is 0 Å². The Morgan fingerprint density at radius 3 is 2.15 bits per heavy atom. The summed E-state index contributed by atoms with van der Waals surface area (Å²) in [6.45, 7) is 4.79. The molecule has 2 rings (SSSR count). The molecule has 2 saturated carbocycles. The summed E-state index contributed by atoms with van der Waals surface area (Å²) < 4.78 is 0. The maximum absolute atomic E-state index is 3.85. The number of hydrogen-bond donors (Lipinski definition) is 1. The molecule has 76 valence electrons. The summed E-state index contributed by atoms with van der Waals surface area (Å²) in [6, 6.07) is 0.835. The molecule has 0 unspecified atom stereocenters. The van der Waals surface area contributed by atoms with Gasteiger partial charge in [-0.05, 0) is 57.8 Å². The molecule has 0 radical (unpaired) electrons. The van der Waals surface area contributed by atoms with Gasteiger partial charge in [-0.3, -0.25) is 0 Å². The van der Waals surface area contributed by atoms with Gasteiger partial charge < -0.3 is 5.32 Å². The first-order valence-electron chi connectivity index (χ1n) is 5.96. The second kappa shape index (κ2) is 3.61. The van der Waals surface area contributed by atoms with E-state index in [1.54, 1.807) is 0 Å². The smallest absolute Gasteiger partial charge is 0.0155 e. The summed E-state index contributed by atoms with van der Waals surface area (Å²) in [5, 5.41) is 3.85. The second-order valence-electron chi connectivity index (χ2n) is 5.52. The fourth-order valence-corrected chi connectivity index (χ4v) is 2.75. The predicted octanol–water partition coefficient (Wildman–Crippen LogP) is 3.10. The van der Waals surface area contributed by atoms with E-state index in [9.17, 15) is 0 Å². The monoisotopic (exact) mass is 181 g/mol. The van der Waals surface area contributed by atoms with E-state index in [-0.39, 0.29) is 0 Å². The lowest BCUT2D eigenvalue weighted by molar-refractivity contribution is 0.159. The van der Waals surface area contributed by atoms with Crippen LogP contribution in [0, 0.1) is 5.92 Å². The molecule has 1 N–H and O–H groups in total. The number of nitrogens with one attached hydrogen (secondary N) is 1. The third-order valence-electron chi connectivity index (χ3n) is 4.03. The highest BCUT2D eigenvalue weighted by atomic mass is 15.0. The SMILES string of the molecule is CC1CCC(NC2(C)CCC2)CC1. The summed E-state index contributed by atoms with van der Waals surface area (Å²) in [5.74, 6) is 0.979. The summed E-state index contributed by atoms with van der Waals surface area (Å²) in [5.41, 5.74) is 0.519. The van der Waals surface area contributed by atoms with Gasteiger partial charge in [0.15, 0.2) is 0 Å². The van der Waals surface area contributed by atoms with Crippen LogP contribution in [0.15, 0.2) is 0 Å². The quantitative estimate of drug-likeness (QED) is 0.690. The van der Waals surface area contributed by atoms with Crippen molar-refractivity contribution in [1.29, 1.82) is 0 Å². The van der Waals surface area contributed by atoms with Gasteiger partial charge in [-0.1, -0.05) is 6.92 Å². The fourth-order valence-electron chi connectivity index (χ4n) is 2.75. The highest BCUT2D eigenvalue weighted by molar-refractivity contribution is 4.94. The Labute approximate surface area is 82.3 Å². The topological polar surface area (TPSA) is 12.0 Å². The van der Waals surface area contributed by atoms with Crippen molar-refractivity contribution in [2.75, 3.05) is 0 Å². The van der Waals surface area contributed by atoms with Crippen molar-refractivity contribution in [1.82, 2.24) is 5.32 Å². The minimum atomic E-state index is 0.519. The Balaban J connectivity index is 1.76. The lowest BCUT2D eigenvalue weighted by Crippen LogP contribution is -2.53. The van der Waals surface area contributed by atoms with Crippen molar-refractivity contribution in [3.05, 3.63) is 0 Å².